The predicted molar refractivity (Wildman–Crippen MR) is 476 cm³/mol. The Labute approximate surface area is 783 Å². The molecule has 0 bridgehead atoms. The van der Waals surface area contributed by atoms with Gasteiger partial charge in [0.25, 0.3) is 11.8 Å². The van der Waals surface area contributed by atoms with Crippen molar-refractivity contribution in [1.82, 2.24) is 19.6 Å². The van der Waals surface area contributed by atoms with Crippen molar-refractivity contribution in [2.24, 2.45) is 0 Å². The van der Waals surface area contributed by atoms with Crippen molar-refractivity contribution >= 4 is 106 Å². The number of aryl methyl sites for hydroxylation is 2. The predicted octanol–water partition coefficient (Wildman–Crippen LogP) is 15.9. The molecule has 8 aliphatic rings. The smallest absolute Gasteiger partial charge is 0.256 e. The number of hydrogen-bond acceptors (Lipinski definition) is 16. The number of hydrogen-bond donors (Lipinski definition) is 0. The van der Waals surface area contributed by atoms with Crippen LogP contribution in [0.1, 0.15) is 157 Å². The van der Waals surface area contributed by atoms with Gasteiger partial charge in [0.05, 0.1) is 108 Å². The number of thioether (sulfide) groups is 2. The first-order chi connectivity index (χ1) is 58.9. The van der Waals surface area contributed by atoms with Gasteiger partial charge in [-0.25, -0.2) is 0 Å². The largest absolute Gasteiger partial charge is 0.493 e. The number of nitrogens with zero attached hydrogens (tertiary/aromatic N) is 10. The SMILES string of the molecule is COc1cc2c(cc1OCc1cc(COc3cc4c(cc3C)C(=O)N3Cc5ccccc5[C@H]3C(C)N4C)cc(N(C)C(=O)CSC)c1)N(C)C(C)[C@@H]1c3ccccc3CN1C2=O.COc1cc2c(cc1OCc1cc(COc3cc4c(cc3C)C(=O)N3Cc5ccccc5[C@H]3[C-]=[N+]4C)cc(N(C)C(=O)CSC)c1)[N+](C)=[C-][C@@H]1c3ccccc3CN1C2=O.[Y].[Y]. The first kappa shape index (κ1) is 88.5. The second-order valence-electron chi connectivity index (χ2n) is 32.6. The molecule has 0 saturated carbocycles. The molecular formula is C98H98N10O12S2Y2. The molecule has 18 rings (SSSR count). The standard InChI is InChI=1S/C50H53N5O6S.C48H45N5O6S.2Y/c1-29-17-39-41(51(4)30(2)47-37-15-11-9-13-34(37)24-54(47)49(39)57)22-43(29)60-26-32-18-33(20-36(19-32)53(6)46(56)28-62-8)27-61-45-23-42-40(21-44(45)59-7)50(58)55-25-35-14-10-12-16-38(35)48(55)31(3)52(42)5;1-29-15-37-39(49(2)24-41-35-13-9-7-11-32(35)22-52(41)47(37)55)20-43(29)58-26-30-16-31(18-34(17-30)51(4)46(54)28-60-6)27-59-45-21-40-38(19-44(45)57-5)48(56)53-23-33-12-8-10-14-36(33)42(53)25-50(40)3;;/h9-23,30-31,47-48H,24-28H2,1-8H3;7-21,41-42H,22-23,26-28H2,1-6H3;;/t30?,31?,47-,48-;41-,42-;;/m11../s1. The number of methoxy groups -OCH3 is 2. The van der Waals surface area contributed by atoms with Crippen LogP contribution in [0.4, 0.5) is 34.1 Å². The van der Waals surface area contributed by atoms with Crippen LogP contribution in [-0.2, 0) is 128 Å². The minimum atomic E-state index is -0.304. The molecule has 6 amide bonds. The Morgan fingerprint density at radius 1 is 0.419 bits per heavy atom. The van der Waals surface area contributed by atoms with Gasteiger partial charge in [0.1, 0.15) is 57.8 Å². The molecule has 26 heteroatoms. The van der Waals surface area contributed by atoms with Gasteiger partial charge in [-0.2, -0.15) is 23.5 Å². The van der Waals surface area contributed by atoms with Crippen molar-refractivity contribution in [2.45, 2.75) is 117 Å². The Balaban J connectivity index is 0.000000189. The van der Waals surface area contributed by atoms with E-state index in [0.29, 0.717) is 106 Å². The molecular weight excluding hydrogens is 1750 g/mol. The summed E-state index contributed by atoms with van der Waals surface area (Å²) in [6, 6.07) is 59.0. The molecule has 0 aliphatic carbocycles. The third kappa shape index (κ3) is 16.5. The molecule has 124 heavy (non-hydrogen) atoms. The first-order valence-corrected chi connectivity index (χ1v) is 43.7. The molecule has 0 aromatic heterocycles. The van der Waals surface area contributed by atoms with Crippen LogP contribution in [0.25, 0.3) is 0 Å². The number of carbonyl (C=O) groups excluding carboxylic acids is 6. The van der Waals surface area contributed by atoms with E-state index in [-0.39, 0.29) is 164 Å². The van der Waals surface area contributed by atoms with Gasteiger partial charge in [-0.05, 0) is 185 Å². The van der Waals surface area contributed by atoms with Crippen molar-refractivity contribution in [2.75, 3.05) is 100 Å². The van der Waals surface area contributed by atoms with E-state index in [1.54, 1.807) is 50.2 Å². The maximum Gasteiger partial charge on any atom is 0.256 e. The molecule has 630 valence electrons. The molecule has 22 nitrogen and oxygen atoms in total. The summed E-state index contributed by atoms with van der Waals surface area (Å²) in [6.45, 7) is 11.2. The number of rotatable bonds is 20. The number of likely N-dealkylation sites (N-methyl/N-ethyl adjacent to an activating group) is 2. The fourth-order valence-corrected chi connectivity index (χ4v) is 19.3. The van der Waals surface area contributed by atoms with Crippen LogP contribution in [0.15, 0.2) is 182 Å². The van der Waals surface area contributed by atoms with Gasteiger partial charge in [-0.3, -0.25) is 28.8 Å². The van der Waals surface area contributed by atoms with Crippen LogP contribution in [0.5, 0.6) is 34.5 Å². The summed E-state index contributed by atoms with van der Waals surface area (Å²) in [5.74, 6) is 3.63. The quantitative estimate of drug-likeness (QED) is 0.0517. The van der Waals surface area contributed by atoms with Crippen molar-refractivity contribution in [1.29, 1.82) is 0 Å². The van der Waals surface area contributed by atoms with E-state index in [0.717, 1.165) is 78.4 Å². The van der Waals surface area contributed by atoms with E-state index in [1.165, 1.54) is 45.8 Å². The summed E-state index contributed by atoms with van der Waals surface area (Å²) in [5.41, 5.74) is 20.9. The summed E-state index contributed by atoms with van der Waals surface area (Å²) >= 11 is 2.94. The minimum Gasteiger partial charge on any atom is -0.493 e. The van der Waals surface area contributed by atoms with Gasteiger partial charge >= 0.3 is 0 Å². The molecule has 0 spiro atoms. The molecule has 10 aromatic rings. The molecule has 8 aliphatic heterocycles. The fraction of sp³-hybridized carbons (Fsp3) is 0.306. The summed E-state index contributed by atoms with van der Waals surface area (Å²) in [4.78, 5) is 98.0. The van der Waals surface area contributed by atoms with Crippen LogP contribution in [0.2, 0.25) is 0 Å². The zero-order chi connectivity index (χ0) is 85.4. The van der Waals surface area contributed by atoms with E-state index < -0.39 is 0 Å². The van der Waals surface area contributed by atoms with Crippen LogP contribution in [0, 0.1) is 13.8 Å². The third-order valence-corrected chi connectivity index (χ3v) is 26.3. The average Bonchev–Trinajstić information content (AvgIpc) is 1.60. The summed E-state index contributed by atoms with van der Waals surface area (Å²) in [6.07, 6.45) is 10.8. The van der Waals surface area contributed by atoms with Gasteiger partial charge in [-0.1, -0.05) is 103 Å². The maximum atomic E-state index is 14.2. The molecule has 0 fully saturated rings. The average molecular weight is 1850 g/mol. The van der Waals surface area contributed by atoms with E-state index in [1.807, 2.05) is 204 Å². The Morgan fingerprint density at radius 3 is 1.15 bits per heavy atom. The van der Waals surface area contributed by atoms with Gasteiger partial charge in [0.2, 0.25) is 23.6 Å². The molecule has 0 N–H and O–H groups in total. The van der Waals surface area contributed by atoms with E-state index in [2.05, 4.69) is 85.6 Å². The van der Waals surface area contributed by atoms with Crippen molar-refractivity contribution in [3.63, 3.8) is 0 Å². The summed E-state index contributed by atoms with van der Waals surface area (Å²) in [7, 11) is 14.6. The monoisotopic (exact) mass is 1850 g/mol. The maximum absolute atomic E-state index is 14.2. The second-order valence-corrected chi connectivity index (χ2v) is 34.3. The number of fused-ring (bicyclic) bond motifs is 16. The van der Waals surface area contributed by atoms with Gasteiger partial charge in [-0.15, -0.1) is 0 Å². The van der Waals surface area contributed by atoms with Crippen LogP contribution >= 0.6 is 23.5 Å². The van der Waals surface area contributed by atoms with Gasteiger partial charge in [0.15, 0.2) is 17.2 Å². The van der Waals surface area contributed by atoms with Crippen LogP contribution in [-0.4, -0.2) is 169 Å². The molecule has 2 unspecified atom stereocenters. The number of amides is 6. The van der Waals surface area contributed by atoms with Gasteiger partial charge in [0, 0.05) is 154 Å². The summed E-state index contributed by atoms with van der Waals surface area (Å²) in [5, 5.41) is 0. The minimum absolute atomic E-state index is 0. The fourth-order valence-electron chi connectivity index (χ4n) is 18.4. The van der Waals surface area contributed by atoms with Crippen LogP contribution in [0.3, 0.4) is 0 Å². The normalized spacial score (nSPS) is 18.2. The molecule has 10 aromatic carbocycles. The molecule has 2 radical (unpaired) electrons. The van der Waals surface area contributed by atoms with E-state index >= 15 is 0 Å². The Bertz CT molecular complexity index is 6020. The van der Waals surface area contributed by atoms with Crippen molar-refractivity contribution < 1.29 is 132 Å². The van der Waals surface area contributed by atoms with Crippen LogP contribution < -0.4 is 48.0 Å². The zero-order valence-electron chi connectivity index (χ0n) is 72.2. The van der Waals surface area contributed by atoms with Crippen molar-refractivity contribution in [3.05, 3.63) is 282 Å². The number of ether oxygens (including phenoxy) is 6. The Morgan fingerprint density at radius 2 is 0.734 bits per heavy atom. The third-order valence-electron chi connectivity index (χ3n) is 25.2. The van der Waals surface area contributed by atoms with Gasteiger partial charge < -0.3 is 76.8 Å². The topological polar surface area (TPSA) is 190 Å². The molecule has 0 saturated heterocycles. The second kappa shape index (κ2) is 36.7. The Hall–Kier alpha value is -10.3. The summed E-state index contributed by atoms with van der Waals surface area (Å²) < 4.78 is 41.6. The molecule has 6 atom stereocenters. The van der Waals surface area contributed by atoms with Crippen molar-refractivity contribution in [3.8, 4) is 34.5 Å². The Kier molecular flexibility index (Phi) is 26.2. The number of carbonyl (C=O) groups is 6. The first-order valence-electron chi connectivity index (χ1n) is 40.9. The van der Waals surface area contributed by atoms with E-state index in [9.17, 15) is 28.8 Å². The number of benzene rings is 10. The van der Waals surface area contributed by atoms with E-state index in [4.69, 9.17) is 28.4 Å². The number of anilines is 4. The molecule has 8 heterocycles. The zero-order valence-corrected chi connectivity index (χ0v) is 79.5.